The minimum absolute atomic E-state index is 0.0943. The summed E-state index contributed by atoms with van der Waals surface area (Å²) in [5.41, 5.74) is 0. The van der Waals surface area contributed by atoms with Gasteiger partial charge in [0.1, 0.15) is 5.78 Å². The van der Waals surface area contributed by atoms with Crippen LogP contribution >= 0.6 is 0 Å². The van der Waals surface area contributed by atoms with Gasteiger partial charge >= 0.3 is 0 Å². The Morgan fingerprint density at radius 2 is 2.40 bits per heavy atom. The first kappa shape index (κ1) is 7.48. The number of ketones is 1. The molecule has 0 saturated carbocycles. The third-order valence-corrected chi connectivity index (χ3v) is 1.91. The maximum atomic E-state index is 10.8. The van der Waals surface area contributed by atoms with Gasteiger partial charge in [0.15, 0.2) is 0 Å². The second-order valence-electron chi connectivity index (χ2n) is 2.71. The molecule has 0 aromatic rings. The molecular weight excluding hydrogens is 128 g/mol. The molecule has 0 bridgehead atoms. The molecule has 0 unspecified atom stereocenters. The zero-order valence-corrected chi connectivity index (χ0v) is 6.08. The lowest BCUT2D eigenvalue weighted by molar-refractivity contribution is -0.123. The molecule has 0 heterocycles. The molecule has 10 heavy (non-hydrogen) atoms. The number of Topliss-reactive ketones (excluding diaryl/α,β-unsaturated/α-hetero) is 1. The van der Waals surface area contributed by atoms with Crippen molar-refractivity contribution in [2.45, 2.75) is 25.9 Å². The topological polar surface area (TPSA) is 37.3 Å². The molecule has 1 rings (SSSR count). The normalized spacial score (nSPS) is 32.2. The first-order valence-electron chi connectivity index (χ1n) is 3.57. The van der Waals surface area contributed by atoms with E-state index in [0.717, 1.165) is 12.8 Å². The summed E-state index contributed by atoms with van der Waals surface area (Å²) in [5.74, 6) is -0.0538. The predicted octanol–water partition coefficient (Wildman–Crippen LogP) is 0.902. The van der Waals surface area contributed by atoms with Crippen LogP contribution in [0.25, 0.3) is 0 Å². The summed E-state index contributed by atoms with van der Waals surface area (Å²) >= 11 is 0. The number of hydrogen-bond acceptors (Lipinski definition) is 2. The number of rotatable bonds is 1. The number of carbonyl (C=O) groups is 1. The van der Waals surface area contributed by atoms with Crippen molar-refractivity contribution >= 4 is 5.78 Å². The minimum Gasteiger partial charge on any atom is -0.388 e. The Bertz CT molecular complexity index is 161. The Hall–Kier alpha value is -0.630. The summed E-state index contributed by atoms with van der Waals surface area (Å²) in [6.45, 7) is 1.53. The molecule has 1 aliphatic rings. The third kappa shape index (κ3) is 1.45. The molecule has 0 amide bonds. The fourth-order valence-corrected chi connectivity index (χ4v) is 1.26. The summed E-state index contributed by atoms with van der Waals surface area (Å²) in [5, 5.41) is 9.23. The molecule has 2 atom stereocenters. The second-order valence-corrected chi connectivity index (χ2v) is 2.71. The molecule has 0 aromatic carbocycles. The van der Waals surface area contributed by atoms with E-state index < -0.39 is 6.10 Å². The van der Waals surface area contributed by atoms with Crippen LogP contribution in [-0.4, -0.2) is 17.0 Å². The maximum absolute atomic E-state index is 10.8. The van der Waals surface area contributed by atoms with E-state index in [0.29, 0.717) is 0 Å². The van der Waals surface area contributed by atoms with Crippen molar-refractivity contribution in [2.75, 3.05) is 0 Å². The Kier molecular flexibility index (Phi) is 2.22. The van der Waals surface area contributed by atoms with Crippen molar-refractivity contribution in [2.24, 2.45) is 5.92 Å². The Balaban J connectivity index is 2.60. The van der Waals surface area contributed by atoms with Gasteiger partial charge in [-0.1, -0.05) is 12.2 Å². The van der Waals surface area contributed by atoms with E-state index in [1.54, 1.807) is 6.08 Å². The van der Waals surface area contributed by atoms with E-state index in [1.807, 2.05) is 6.08 Å². The molecule has 0 spiro atoms. The number of carbonyl (C=O) groups excluding carboxylic acids is 1. The fourth-order valence-electron chi connectivity index (χ4n) is 1.26. The van der Waals surface area contributed by atoms with Gasteiger partial charge < -0.3 is 5.11 Å². The van der Waals surface area contributed by atoms with Gasteiger partial charge in [0.25, 0.3) is 0 Å². The average molecular weight is 140 g/mol. The van der Waals surface area contributed by atoms with Crippen LogP contribution in [0.2, 0.25) is 0 Å². The van der Waals surface area contributed by atoms with Gasteiger partial charge in [-0.2, -0.15) is 0 Å². The smallest absolute Gasteiger partial charge is 0.135 e. The van der Waals surface area contributed by atoms with Crippen molar-refractivity contribution < 1.29 is 9.90 Å². The summed E-state index contributed by atoms with van der Waals surface area (Å²) in [7, 11) is 0. The van der Waals surface area contributed by atoms with Crippen molar-refractivity contribution in [1.82, 2.24) is 0 Å². The van der Waals surface area contributed by atoms with Crippen LogP contribution in [0, 0.1) is 5.92 Å². The highest BCUT2D eigenvalue weighted by Gasteiger charge is 2.22. The quantitative estimate of drug-likeness (QED) is 0.549. The molecule has 0 aliphatic heterocycles. The van der Waals surface area contributed by atoms with Crippen molar-refractivity contribution in [3.05, 3.63) is 12.2 Å². The minimum atomic E-state index is -0.536. The van der Waals surface area contributed by atoms with Crippen molar-refractivity contribution in [3.63, 3.8) is 0 Å². The summed E-state index contributed by atoms with van der Waals surface area (Å²) < 4.78 is 0. The van der Waals surface area contributed by atoms with Gasteiger partial charge in [0, 0.05) is 5.92 Å². The SMILES string of the molecule is CC(=O)[C@H]1CCC=C[C@@H]1O. The number of hydrogen-bond donors (Lipinski definition) is 1. The second kappa shape index (κ2) is 2.97. The third-order valence-electron chi connectivity index (χ3n) is 1.91. The highest BCUT2D eigenvalue weighted by molar-refractivity contribution is 5.79. The van der Waals surface area contributed by atoms with Gasteiger partial charge in [0.05, 0.1) is 6.10 Å². The number of allylic oxidation sites excluding steroid dienone is 1. The molecular formula is C8H12O2. The van der Waals surface area contributed by atoms with Crippen molar-refractivity contribution in [3.8, 4) is 0 Å². The molecule has 0 aromatic heterocycles. The first-order chi connectivity index (χ1) is 4.72. The molecule has 56 valence electrons. The molecule has 1 N–H and O–H groups in total. The van der Waals surface area contributed by atoms with Crippen LogP contribution in [0.1, 0.15) is 19.8 Å². The van der Waals surface area contributed by atoms with Gasteiger partial charge in [-0.25, -0.2) is 0 Å². The largest absolute Gasteiger partial charge is 0.388 e. The Morgan fingerprint density at radius 3 is 2.80 bits per heavy atom. The molecule has 0 saturated heterocycles. The van der Waals surface area contributed by atoms with Gasteiger partial charge in [-0.15, -0.1) is 0 Å². The first-order valence-corrected chi connectivity index (χ1v) is 3.57. The number of aliphatic hydroxyl groups excluding tert-OH is 1. The van der Waals surface area contributed by atoms with Crippen LogP contribution < -0.4 is 0 Å². The van der Waals surface area contributed by atoms with Crippen LogP contribution in [0.4, 0.5) is 0 Å². The molecule has 2 nitrogen and oxygen atoms in total. The predicted molar refractivity (Wildman–Crippen MR) is 38.6 cm³/mol. The molecule has 0 radical (unpaired) electrons. The number of aliphatic hydroxyl groups is 1. The lowest BCUT2D eigenvalue weighted by Gasteiger charge is -2.20. The van der Waals surface area contributed by atoms with E-state index in [1.165, 1.54) is 6.92 Å². The maximum Gasteiger partial charge on any atom is 0.135 e. The average Bonchev–Trinajstić information content (AvgIpc) is 1.88. The van der Waals surface area contributed by atoms with Crippen LogP contribution in [-0.2, 0) is 4.79 Å². The van der Waals surface area contributed by atoms with Gasteiger partial charge in [0.2, 0.25) is 0 Å². The molecule has 1 aliphatic carbocycles. The van der Waals surface area contributed by atoms with E-state index in [2.05, 4.69) is 0 Å². The summed E-state index contributed by atoms with van der Waals surface area (Å²) in [6, 6.07) is 0. The lowest BCUT2D eigenvalue weighted by Crippen LogP contribution is -2.26. The lowest BCUT2D eigenvalue weighted by atomic mass is 9.89. The highest BCUT2D eigenvalue weighted by Crippen LogP contribution is 2.19. The highest BCUT2D eigenvalue weighted by atomic mass is 16.3. The van der Waals surface area contributed by atoms with Gasteiger partial charge in [-0.3, -0.25) is 4.79 Å². The molecule has 2 heteroatoms. The Morgan fingerprint density at radius 1 is 1.70 bits per heavy atom. The summed E-state index contributed by atoms with van der Waals surface area (Å²) in [4.78, 5) is 10.8. The standard InChI is InChI=1S/C8H12O2/c1-6(9)7-4-2-3-5-8(7)10/h3,5,7-8,10H,2,4H2,1H3/t7-,8+/m1/s1. The van der Waals surface area contributed by atoms with Crippen molar-refractivity contribution in [1.29, 1.82) is 0 Å². The van der Waals surface area contributed by atoms with E-state index in [-0.39, 0.29) is 11.7 Å². The van der Waals surface area contributed by atoms with E-state index >= 15 is 0 Å². The van der Waals surface area contributed by atoms with Crippen LogP contribution in [0.5, 0.6) is 0 Å². The zero-order valence-electron chi connectivity index (χ0n) is 6.08. The fraction of sp³-hybridized carbons (Fsp3) is 0.625. The Labute approximate surface area is 60.6 Å². The molecule has 0 fully saturated rings. The van der Waals surface area contributed by atoms with E-state index in [4.69, 9.17) is 0 Å². The van der Waals surface area contributed by atoms with Crippen LogP contribution in [0.15, 0.2) is 12.2 Å². The monoisotopic (exact) mass is 140 g/mol. The van der Waals surface area contributed by atoms with Crippen LogP contribution in [0.3, 0.4) is 0 Å². The zero-order chi connectivity index (χ0) is 7.56. The van der Waals surface area contributed by atoms with E-state index in [9.17, 15) is 9.90 Å². The summed E-state index contributed by atoms with van der Waals surface area (Å²) in [6.07, 6.45) is 4.81. The van der Waals surface area contributed by atoms with Gasteiger partial charge in [-0.05, 0) is 19.8 Å².